The van der Waals surface area contributed by atoms with E-state index in [-0.39, 0.29) is 18.4 Å². The lowest BCUT2D eigenvalue weighted by molar-refractivity contribution is -0.142. The summed E-state index contributed by atoms with van der Waals surface area (Å²) >= 11 is 6.02. The number of hydrogen-bond donors (Lipinski definition) is 2. The van der Waals surface area contributed by atoms with E-state index in [0.717, 1.165) is 5.56 Å². The minimum Gasteiger partial charge on any atom is -0.480 e. The Kier molecular flexibility index (Phi) is 3.80. The molecule has 2 unspecified atom stereocenters. The van der Waals surface area contributed by atoms with E-state index in [2.05, 4.69) is 0 Å². The first-order chi connectivity index (χ1) is 8.83. The largest absolute Gasteiger partial charge is 0.480 e. The van der Waals surface area contributed by atoms with Gasteiger partial charge in [-0.25, -0.2) is 4.39 Å². The molecule has 19 heavy (non-hydrogen) atoms. The maximum absolute atomic E-state index is 13.0. The van der Waals surface area contributed by atoms with Gasteiger partial charge in [0.15, 0.2) is 0 Å². The number of aliphatic carboxylic acids is 1. The summed E-state index contributed by atoms with van der Waals surface area (Å²) < 4.78 is 13.0. The maximum Gasteiger partial charge on any atom is 0.325 e. The highest BCUT2D eigenvalue weighted by Gasteiger charge is 2.42. The number of halogens is 2. The summed E-state index contributed by atoms with van der Waals surface area (Å²) in [7, 11) is 0. The van der Waals surface area contributed by atoms with Crippen LogP contribution in [-0.4, -0.2) is 34.6 Å². The maximum atomic E-state index is 13.0. The molecule has 1 saturated heterocycles. The second-order valence-corrected chi connectivity index (χ2v) is 5.43. The van der Waals surface area contributed by atoms with Crippen molar-refractivity contribution in [2.24, 2.45) is 5.73 Å². The molecule has 104 valence electrons. The van der Waals surface area contributed by atoms with Crippen LogP contribution >= 0.6 is 11.6 Å². The average Bonchev–Trinajstić information content (AvgIpc) is 2.73. The number of nitrogens with zero attached hydrogens (tertiary/aromatic N) is 1. The fraction of sp³-hybridized carbons (Fsp3) is 0.462. The SMILES string of the molecule is CC(c1ccc(F)cc1Cl)N1CCC(N)(C(=O)O)C1. The van der Waals surface area contributed by atoms with E-state index in [4.69, 9.17) is 22.4 Å². The Morgan fingerprint density at radius 1 is 1.63 bits per heavy atom. The van der Waals surface area contributed by atoms with Crippen LogP contribution in [0.2, 0.25) is 5.02 Å². The lowest BCUT2D eigenvalue weighted by atomic mass is 10.0. The molecular formula is C13H16ClFN2O2. The molecule has 1 aromatic carbocycles. The van der Waals surface area contributed by atoms with Crippen molar-refractivity contribution >= 4 is 17.6 Å². The third-order valence-corrected chi connectivity index (χ3v) is 4.04. The number of nitrogens with two attached hydrogens (primary N) is 1. The van der Waals surface area contributed by atoms with Crippen molar-refractivity contribution < 1.29 is 14.3 Å². The number of likely N-dealkylation sites (tertiary alicyclic amines) is 1. The Morgan fingerprint density at radius 2 is 2.32 bits per heavy atom. The Hall–Kier alpha value is -1.17. The summed E-state index contributed by atoms with van der Waals surface area (Å²) in [5, 5.41) is 9.45. The van der Waals surface area contributed by atoms with E-state index in [1.165, 1.54) is 12.1 Å². The van der Waals surface area contributed by atoms with Gasteiger partial charge in [-0.05, 0) is 31.0 Å². The molecule has 3 N–H and O–H groups in total. The van der Waals surface area contributed by atoms with Crippen molar-refractivity contribution in [3.8, 4) is 0 Å². The van der Waals surface area contributed by atoms with Gasteiger partial charge in [-0.2, -0.15) is 0 Å². The molecule has 1 fully saturated rings. The summed E-state index contributed by atoms with van der Waals surface area (Å²) in [4.78, 5) is 13.1. The number of benzene rings is 1. The van der Waals surface area contributed by atoms with Crippen LogP contribution in [0.25, 0.3) is 0 Å². The minimum atomic E-state index is -1.21. The molecule has 0 spiro atoms. The van der Waals surface area contributed by atoms with Crippen LogP contribution in [-0.2, 0) is 4.79 Å². The first kappa shape index (κ1) is 14.2. The van der Waals surface area contributed by atoms with Crippen molar-refractivity contribution in [2.75, 3.05) is 13.1 Å². The first-order valence-electron chi connectivity index (χ1n) is 6.05. The topological polar surface area (TPSA) is 66.6 Å². The number of rotatable bonds is 3. The Morgan fingerprint density at radius 3 is 2.84 bits per heavy atom. The second-order valence-electron chi connectivity index (χ2n) is 5.02. The van der Waals surface area contributed by atoms with Crippen LogP contribution in [0.1, 0.15) is 24.9 Å². The predicted octanol–water partition coefficient (Wildman–Crippen LogP) is 2.03. The highest BCUT2D eigenvalue weighted by Crippen LogP contribution is 2.32. The summed E-state index contributed by atoms with van der Waals surface area (Å²) in [5.74, 6) is -1.38. The molecule has 4 nitrogen and oxygen atoms in total. The minimum absolute atomic E-state index is 0.0992. The zero-order chi connectivity index (χ0) is 14.2. The number of hydrogen-bond acceptors (Lipinski definition) is 3. The predicted molar refractivity (Wildman–Crippen MR) is 70.6 cm³/mol. The first-order valence-corrected chi connectivity index (χ1v) is 6.42. The number of carboxylic acids is 1. The van der Waals surface area contributed by atoms with Crippen molar-refractivity contribution in [1.29, 1.82) is 0 Å². The van der Waals surface area contributed by atoms with Crippen LogP contribution < -0.4 is 5.73 Å². The average molecular weight is 287 g/mol. The van der Waals surface area contributed by atoms with Gasteiger partial charge in [-0.3, -0.25) is 9.69 Å². The van der Waals surface area contributed by atoms with Gasteiger partial charge in [-0.1, -0.05) is 17.7 Å². The quantitative estimate of drug-likeness (QED) is 0.892. The molecule has 2 rings (SSSR count). The lowest BCUT2D eigenvalue weighted by Gasteiger charge is -2.26. The van der Waals surface area contributed by atoms with E-state index < -0.39 is 11.5 Å². The van der Waals surface area contributed by atoms with Gasteiger partial charge in [-0.15, -0.1) is 0 Å². The molecule has 0 radical (unpaired) electrons. The molecule has 6 heteroatoms. The van der Waals surface area contributed by atoms with Gasteiger partial charge in [0.2, 0.25) is 0 Å². The fourth-order valence-corrected chi connectivity index (χ4v) is 2.73. The van der Waals surface area contributed by atoms with E-state index in [0.29, 0.717) is 18.0 Å². The standard InChI is InChI=1S/C13H16ClFN2O2/c1-8(10-3-2-9(15)6-11(10)14)17-5-4-13(16,7-17)12(18)19/h2-3,6,8H,4-5,7,16H2,1H3,(H,18,19). The molecule has 0 aromatic heterocycles. The summed E-state index contributed by atoms with van der Waals surface area (Å²) in [6.45, 7) is 2.75. The van der Waals surface area contributed by atoms with E-state index >= 15 is 0 Å². The Bertz CT molecular complexity index is 511. The number of carboxylic acid groups (broad SMARTS) is 1. The fourth-order valence-electron chi connectivity index (χ4n) is 2.41. The molecule has 0 bridgehead atoms. The molecule has 1 aliphatic heterocycles. The second kappa shape index (κ2) is 5.07. The van der Waals surface area contributed by atoms with Gasteiger partial charge in [0.05, 0.1) is 0 Å². The molecule has 0 aliphatic carbocycles. The zero-order valence-electron chi connectivity index (χ0n) is 10.6. The highest BCUT2D eigenvalue weighted by molar-refractivity contribution is 6.31. The molecule has 1 aliphatic rings. The smallest absolute Gasteiger partial charge is 0.325 e. The van der Waals surface area contributed by atoms with Crippen LogP contribution in [0.4, 0.5) is 4.39 Å². The Balaban J connectivity index is 2.17. The third kappa shape index (κ3) is 2.73. The summed E-state index contributed by atoms with van der Waals surface area (Å²) in [5.41, 5.74) is 5.40. The molecule has 2 atom stereocenters. The molecule has 0 amide bonds. The zero-order valence-corrected chi connectivity index (χ0v) is 11.3. The third-order valence-electron chi connectivity index (χ3n) is 3.72. The molecule has 1 aromatic rings. The van der Waals surface area contributed by atoms with Crippen molar-refractivity contribution in [3.63, 3.8) is 0 Å². The normalized spacial score (nSPS) is 25.5. The van der Waals surface area contributed by atoms with E-state index in [1.807, 2.05) is 11.8 Å². The van der Waals surface area contributed by atoms with Gasteiger partial charge in [0, 0.05) is 24.2 Å². The monoisotopic (exact) mass is 286 g/mol. The number of carbonyl (C=O) groups is 1. The summed E-state index contributed by atoms with van der Waals surface area (Å²) in [6, 6.07) is 4.13. The van der Waals surface area contributed by atoms with Gasteiger partial charge in [0.25, 0.3) is 0 Å². The Labute approximate surface area is 116 Å². The van der Waals surface area contributed by atoms with E-state index in [9.17, 15) is 9.18 Å². The van der Waals surface area contributed by atoms with Crippen molar-refractivity contribution in [3.05, 3.63) is 34.6 Å². The lowest BCUT2D eigenvalue weighted by Crippen LogP contribution is -2.50. The van der Waals surface area contributed by atoms with Crippen LogP contribution in [0.5, 0.6) is 0 Å². The highest BCUT2D eigenvalue weighted by atomic mass is 35.5. The van der Waals surface area contributed by atoms with Crippen molar-refractivity contribution in [2.45, 2.75) is 24.9 Å². The molecular weight excluding hydrogens is 271 g/mol. The van der Waals surface area contributed by atoms with Gasteiger partial charge in [0.1, 0.15) is 11.4 Å². The van der Waals surface area contributed by atoms with Crippen LogP contribution in [0.15, 0.2) is 18.2 Å². The van der Waals surface area contributed by atoms with Crippen LogP contribution in [0.3, 0.4) is 0 Å². The van der Waals surface area contributed by atoms with Gasteiger partial charge < -0.3 is 10.8 Å². The molecule has 0 saturated carbocycles. The van der Waals surface area contributed by atoms with Crippen molar-refractivity contribution in [1.82, 2.24) is 4.90 Å². The summed E-state index contributed by atoms with van der Waals surface area (Å²) in [6.07, 6.45) is 0.394. The van der Waals surface area contributed by atoms with E-state index in [1.54, 1.807) is 6.07 Å². The van der Waals surface area contributed by atoms with Crippen LogP contribution in [0, 0.1) is 5.82 Å². The molecule has 1 heterocycles. The van der Waals surface area contributed by atoms with Gasteiger partial charge >= 0.3 is 5.97 Å².